The van der Waals surface area contributed by atoms with E-state index in [-0.39, 0.29) is 0 Å². The maximum Gasteiger partial charge on any atom is 0.204 e. The van der Waals surface area contributed by atoms with Gasteiger partial charge in [-0.25, -0.2) is 8.78 Å². The van der Waals surface area contributed by atoms with E-state index >= 15 is 0 Å². The highest BCUT2D eigenvalue weighted by Crippen LogP contribution is 2.29. The van der Waals surface area contributed by atoms with Gasteiger partial charge in [0.25, 0.3) is 0 Å². The Morgan fingerprint density at radius 3 is 1.67 bits per heavy atom. The monoisotopic (exact) mass is 222 g/mol. The molecule has 1 aromatic carbocycles. The van der Waals surface area contributed by atoms with Crippen molar-refractivity contribution < 1.29 is 27.1 Å². The minimum absolute atomic E-state index is 0.798. The molecule has 0 spiro atoms. The summed E-state index contributed by atoms with van der Waals surface area (Å²) in [5, 5.41) is 0. The lowest BCUT2D eigenvalue weighted by Crippen LogP contribution is -2.09. The van der Waals surface area contributed by atoms with Gasteiger partial charge in [-0.3, -0.25) is 4.79 Å². The Labute approximate surface area is 82.5 Å². The number of carbonyl (C=O) groups excluding carboxylic acids is 1. The van der Waals surface area contributed by atoms with Crippen molar-refractivity contribution in [1.29, 1.82) is 0 Å². The molecule has 0 bridgehead atoms. The van der Waals surface area contributed by atoms with Gasteiger partial charge in [0.15, 0.2) is 23.2 Å². The predicted molar refractivity (Wildman–Crippen MR) is 42.8 cm³/mol. The molecule has 0 aliphatic carbocycles. The molecule has 0 radical (unpaired) electrons. The van der Waals surface area contributed by atoms with Gasteiger partial charge in [-0.1, -0.05) is 0 Å². The fraction of sp³-hybridized carbons (Fsp3) is 0.222. The molecule has 0 fully saturated rings. The topological polar surface area (TPSA) is 26.3 Å². The number of halogens is 4. The van der Waals surface area contributed by atoms with Crippen molar-refractivity contribution in [3.05, 3.63) is 28.8 Å². The van der Waals surface area contributed by atoms with E-state index in [0.29, 0.717) is 0 Å². The quantitative estimate of drug-likeness (QED) is 0.436. The summed E-state index contributed by atoms with van der Waals surface area (Å²) in [6.45, 7) is 0.798. The normalized spacial score (nSPS) is 10.3. The van der Waals surface area contributed by atoms with E-state index in [2.05, 4.69) is 4.74 Å². The summed E-state index contributed by atoms with van der Waals surface area (Å²) in [4.78, 5) is 10.7. The van der Waals surface area contributed by atoms with Crippen LogP contribution in [-0.2, 0) is 0 Å². The predicted octanol–water partition coefficient (Wildman–Crippen LogP) is 2.45. The van der Waals surface area contributed by atoms with Gasteiger partial charge in [0.05, 0.1) is 12.7 Å². The number of methoxy groups -OCH3 is 1. The van der Waals surface area contributed by atoms with Crippen molar-refractivity contribution in [1.82, 2.24) is 0 Å². The number of ketones is 1. The molecule has 6 heteroatoms. The van der Waals surface area contributed by atoms with Crippen LogP contribution in [0.3, 0.4) is 0 Å². The van der Waals surface area contributed by atoms with Crippen LogP contribution in [0.25, 0.3) is 0 Å². The highest BCUT2D eigenvalue weighted by Gasteiger charge is 2.28. The maximum absolute atomic E-state index is 13.1. The highest BCUT2D eigenvalue weighted by molar-refractivity contribution is 5.94. The van der Waals surface area contributed by atoms with Gasteiger partial charge in [0.1, 0.15) is 0 Å². The van der Waals surface area contributed by atoms with Crippen LogP contribution in [0.15, 0.2) is 0 Å². The second-order valence-corrected chi connectivity index (χ2v) is 2.72. The third-order valence-corrected chi connectivity index (χ3v) is 1.78. The van der Waals surface area contributed by atoms with Gasteiger partial charge in [-0.05, 0) is 6.92 Å². The van der Waals surface area contributed by atoms with Crippen molar-refractivity contribution in [2.45, 2.75) is 6.92 Å². The van der Waals surface area contributed by atoms with Gasteiger partial charge < -0.3 is 4.74 Å². The number of hydrogen-bond acceptors (Lipinski definition) is 2. The van der Waals surface area contributed by atoms with Crippen molar-refractivity contribution in [2.24, 2.45) is 0 Å². The molecule has 0 aromatic heterocycles. The lowest BCUT2D eigenvalue weighted by Gasteiger charge is -2.08. The van der Waals surface area contributed by atoms with Crippen LogP contribution in [0, 0.1) is 23.3 Å². The minimum atomic E-state index is -1.75. The molecule has 0 N–H and O–H groups in total. The molecule has 0 saturated carbocycles. The fourth-order valence-corrected chi connectivity index (χ4v) is 1.10. The Kier molecular flexibility index (Phi) is 2.97. The molecule has 82 valence electrons. The Bertz CT molecular complexity index is 400. The Hall–Kier alpha value is -1.59. The van der Waals surface area contributed by atoms with E-state index in [4.69, 9.17) is 0 Å². The van der Waals surface area contributed by atoms with Gasteiger partial charge in [-0.2, -0.15) is 8.78 Å². The zero-order chi connectivity index (χ0) is 11.7. The van der Waals surface area contributed by atoms with Crippen LogP contribution >= 0.6 is 0 Å². The minimum Gasteiger partial charge on any atom is -0.491 e. The molecule has 1 rings (SSSR count). The second-order valence-electron chi connectivity index (χ2n) is 2.72. The molecule has 15 heavy (non-hydrogen) atoms. The SMILES string of the molecule is COc1c(F)c(F)c(C(C)=O)c(F)c1F. The summed E-state index contributed by atoms with van der Waals surface area (Å²) >= 11 is 0. The van der Waals surface area contributed by atoms with Gasteiger partial charge in [0.2, 0.25) is 11.6 Å². The molecule has 0 unspecified atom stereocenters. The van der Waals surface area contributed by atoms with E-state index in [0.717, 1.165) is 14.0 Å². The third kappa shape index (κ3) is 1.67. The molecular formula is C9H6F4O2. The zero-order valence-corrected chi connectivity index (χ0v) is 7.83. The molecule has 0 amide bonds. The van der Waals surface area contributed by atoms with Crippen LogP contribution in [0.4, 0.5) is 17.6 Å². The van der Waals surface area contributed by atoms with Crippen molar-refractivity contribution in [2.75, 3.05) is 7.11 Å². The number of ether oxygens (including phenoxy) is 1. The first-order valence-electron chi connectivity index (χ1n) is 3.82. The standard InChI is InChI=1S/C9H6F4O2/c1-3(14)4-5(10)7(12)9(15-2)8(13)6(4)11/h1-2H3. The lowest BCUT2D eigenvalue weighted by molar-refractivity contribution is 0.100. The van der Waals surface area contributed by atoms with E-state index in [1.54, 1.807) is 0 Å². The number of carbonyl (C=O) groups is 1. The van der Waals surface area contributed by atoms with E-state index in [9.17, 15) is 22.4 Å². The van der Waals surface area contributed by atoms with Gasteiger partial charge in [-0.15, -0.1) is 0 Å². The summed E-state index contributed by atoms with van der Waals surface area (Å²) in [5.41, 5.74) is -1.24. The van der Waals surface area contributed by atoms with Crippen LogP contribution in [-0.4, -0.2) is 12.9 Å². The van der Waals surface area contributed by atoms with Crippen molar-refractivity contribution in [3.63, 3.8) is 0 Å². The molecule has 1 aromatic rings. The average Bonchev–Trinajstić information content (AvgIpc) is 2.16. The highest BCUT2D eigenvalue weighted by atomic mass is 19.2. The van der Waals surface area contributed by atoms with Crippen LogP contribution in [0.5, 0.6) is 5.75 Å². The number of rotatable bonds is 2. The summed E-state index contributed by atoms with van der Waals surface area (Å²) in [7, 11) is 0.855. The number of benzene rings is 1. The smallest absolute Gasteiger partial charge is 0.204 e. The van der Waals surface area contributed by atoms with E-state index < -0.39 is 40.4 Å². The van der Waals surface area contributed by atoms with Gasteiger partial charge in [0, 0.05) is 0 Å². The molecule has 0 saturated heterocycles. The largest absolute Gasteiger partial charge is 0.491 e. The summed E-state index contributed by atoms with van der Waals surface area (Å²) in [5.74, 6) is -9.24. The fourth-order valence-electron chi connectivity index (χ4n) is 1.10. The molecule has 2 nitrogen and oxygen atoms in total. The Balaban J connectivity index is 3.66. The lowest BCUT2D eigenvalue weighted by atomic mass is 10.1. The summed E-state index contributed by atoms with van der Waals surface area (Å²) in [6.07, 6.45) is 0. The molecule has 0 heterocycles. The maximum atomic E-state index is 13.1. The summed E-state index contributed by atoms with van der Waals surface area (Å²) in [6, 6.07) is 0. The number of hydrogen-bond donors (Lipinski definition) is 0. The Morgan fingerprint density at radius 1 is 1.00 bits per heavy atom. The third-order valence-electron chi connectivity index (χ3n) is 1.78. The summed E-state index contributed by atoms with van der Waals surface area (Å²) < 4.78 is 56.3. The van der Waals surface area contributed by atoms with Gasteiger partial charge >= 0.3 is 0 Å². The molecule has 0 aliphatic rings. The van der Waals surface area contributed by atoms with E-state index in [1.807, 2.05) is 0 Å². The zero-order valence-electron chi connectivity index (χ0n) is 7.83. The first-order chi connectivity index (χ1) is 6.91. The average molecular weight is 222 g/mol. The second kappa shape index (κ2) is 3.88. The molecule has 0 atom stereocenters. The van der Waals surface area contributed by atoms with Crippen LogP contribution in [0.2, 0.25) is 0 Å². The van der Waals surface area contributed by atoms with Crippen LogP contribution < -0.4 is 4.74 Å². The Morgan fingerprint density at radius 2 is 1.40 bits per heavy atom. The molecular weight excluding hydrogens is 216 g/mol. The van der Waals surface area contributed by atoms with Crippen LogP contribution in [0.1, 0.15) is 17.3 Å². The first kappa shape index (κ1) is 11.5. The van der Waals surface area contributed by atoms with E-state index in [1.165, 1.54) is 0 Å². The van der Waals surface area contributed by atoms with Crippen molar-refractivity contribution in [3.8, 4) is 5.75 Å². The molecule has 0 aliphatic heterocycles. The number of Topliss-reactive ketones (excluding diaryl/α,β-unsaturated/α-hetero) is 1. The first-order valence-corrected chi connectivity index (χ1v) is 3.82. The van der Waals surface area contributed by atoms with Crippen molar-refractivity contribution >= 4 is 5.78 Å².